The first-order chi connectivity index (χ1) is 16.1. The van der Waals surface area contributed by atoms with Gasteiger partial charge in [-0.15, -0.1) is 11.8 Å². The number of carbonyl (C=O) groups excluding carboxylic acids is 2. The van der Waals surface area contributed by atoms with Gasteiger partial charge in [0.05, 0.1) is 24.0 Å². The van der Waals surface area contributed by atoms with E-state index in [1.165, 1.54) is 4.90 Å². The number of hydroxylamine groups is 1. The molecule has 2 saturated heterocycles. The molecule has 0 radical (unpaired) electrons. The standard InChI is InChI=1S/C26H24N2O4S/c1-3-31-20-13-11-18(12-14-20)27-25(29)22-23(17-9-15-21(33-2)16-10-17)28(32-24(22)26(27)30)19-7-5-4-6-8-19/h4-16,22-24H,3H2,1-2H3/t22-,23-,24+/m0/s1. The number of carbonyl (C=O) groups is 2. The minimum atomic E-state index is -0.880. The maximum Gasteiger partial charge on any atom is 0.266 e. The second-order valence-electron chi connectivity index (χ2n) is 7.87. The van der Waals surface area contributed by atoms with Crippen LogP contribution in [0.4, 0.5) is 11.4 Å². The van der Waals surface area contributed by atoms with Crippen molar-refractivity contribution in [2.75, 3.05) is 22.8 Å². The van der Waals surface area contributed by atoms with Crippen LogP contribution in [-0.4, -0.2) is 30.8 Å². The largest absolute Gasteiger partial charge is 0.494 e. The summed E-state index contributed by atoms with van der Waals surface area (Å²) in [5, 5.41) is 1.72. The first-order valence-electron chi connectivity index (χ1n) is 10.9. The predicted molar refractivity (Wildman–Crippen MR) is 128 cm³/mol. The van der Waals surface area contributed by atoms with E-state index in [9.17, 15) is 9.59 Å². The van der Waals surface area contributed by atoms with Crippen molar-refractivity contribution in [1.29, 1.82) is 0 Å². The number of ether oxygens (including phenoxy) is 1. The topological polar surface area (TPSA) is 59.1 Å². The summed E-state index contributed by atoms with van der Waals surface area (Å²) in [4.78, 5) is 35.6. The molecule has 2 amide bonds. The third-order valence-electron chi connectivity index (χ3n) is 5.99. The summed E-state index contributed by atoms with van der Waals surface area (Å²) in [7, 11) is 0. The van der Waals surface area contributed by atoms with E-state index in [-0.39, 0.29) is 11.8 Å². The number of fused-ring (bicyclic) bond motifs is 1. The molecular formula is C26H24N2O4S. The molecule has 6 nitrogen and oxygen atoms in total. The minimum Gasteiger partial charge on any atom is -0.494 e. The van der Waals surface area contributed by atoms with Gasteiger partial charge in [0.25, 0.3) is 5.91 Å². The van der Waals surface area contributed by atoms with Crippen LogP contribution in [0.5, 0.6) is 5.75 Å². The van der Waals surface area contributed by atoms with E-state index in [1.807, 2.05) is 67.8 Å². The van der Waals surface area contributed by atoms with E-state index in [2.05, 4.69) is 0 Å². The van der Waals surface area contributed by atoms with Crippen molar-refractivity contribution in [1.82, 2.24) is 0 Å². The lowest BCUT2D eigenvalue weighted by molar-refractivity contribution is -0.126. The van der Waals surface area contributed by atoms with Crippen LogP contribution < -0.4 is 14.7 Å². The fourth-order valence-electron chi connectivity index (χ4n) is 4.47. The van der Waals surface area contributed by atoms with Crippen molar-refractivity contribution in [3.8, 4) is 5.75 Å². The summed E-state index contributed by atoms with van der Waals surface area (Å²) < 4.78 is 5.49. The Bertz CT molecular complexity index is 1150. The second-order valence-corrected chi connectivity index (χ2v) is 8.75. The first kappa shape index (κ1) is 21.6. The van der Waals surface area contributed by atoms with Crippen LogP contribution in [0.1, 0.15) is 18.5 Å². The summed E-state index contributed by atoms with van der Waals surface area (Å²) in [6, 6.07) is 24.3. The Morgan fingerprint density at radius 1 is 0.879 bits per heavy atom. The zero-order chi connectivity index (χ0) is 22.9. The molecule has 2 fully saturated rings. The van der Waals surface area contributed by atoms with Crippen LogP contribution in [0, 0.1) is 5.92 Å². The van der Waals surface area contributed by atoms with Gasteiger partial charge in [-0.2, -0.15) is 0 Å². The van der Waals surface area contributed by atoms with Gasteiger partial charge in [0.15, 0.2) is 6.10 Å². The third kappa shape index (κ3) is 3.77. The number of thioether (sulfide) groups is 1. The average Bonchev–Trinajstić information content (AvgIpc) is 3.36. The third-order valence-corrected chi connectivity index (χ3v) is 6.73. The molecule has 0 aromatic heterocycles. The highest BCUT2D eigenvalue weighted by Gasteiger charge is 2.60. The van der Waals surface area contributed by atoms with Gasteiger partial charge < -0.3 is 4.74 Å². The summed E-state index contributed by atoms with van der Waals surface area (Å²) in [6.07, 6.45) is 1.14. The fraction of sp³-hybridized carbons (Fsp3) is 0.231. The number of hydrogen-bond donors (Lipinski definition) is 0. The Morgan fingerprint density at radius 3 is 2.21 bits per heavy atom. The van der Waals surface area contributed by atoms with Crippen LogP contribution >= 0.6 is 11.8 Å². The van der Waals surface area contributed by atoms with Crippen LogP contribution in [0.25, 0.3) is 0 Å². The van der Waals surface area contributed by atoms with Gasteiger partial charge in [0.1, 0.15) is 11.7 Å². The molecular weight excluding hydrogens is 436 g/mol. The van der Waals surface area contributed by atoms with Crippen molar-refractivity contribution >= 4 is 35.0 Å². The monoisotopic (exact) mass is 460 g/mol. The minimum absolute atomic E-state index is 0.258. The molecule has 5 rings (SSSR count). The molecule has 2 aliphatic rings. The summed E-state index contributed by atoms with van der Waals surface area (Å²) in [5.41, 5.74) is 2.26. The fourth-order valence-corrected chi connectivity index (χ4v) is 4.87. The van der Waals surface area contributed by atoms with Crippen molar-refractivity contribution in [3.63, 3.8) is 0 Å². The quantitative estimate of drug-likeness (QED) is 0.387. The van der Waals surface area contributed by atoms with E-state index < -0.39 is 18.1 Å². The summed E-state index contributed by atoms with van der Waals surface area (Å²) >= 11 is 1.66. The maximum atomic E-state index is 13.7. The Morgan fingerprint density at radius 2 is 1.58 bits per heavy atom. The van der Waals surface area contributed by atoms with E-state index >= 15 is 0 Å². The number of hydrogen-bond acceptors (Lipinski definition) is 6. The first-order valence-corrected chi connectivity index (χ1v) is 12.1. The smallest absolute Gasteiger partial charge is 0.266 e. The number of para-hydroxylation sites is 1. The average molecular weight is 461 g/mol. The number of benzene rings is 3. The van der Waals surface area contributed by atoms with Crippen LogP contribution in [0.3, 0.4) is 0 Å². The maximum absolute atomic E-state index is 13.7. The number of amides is 2. The van der Waals surface area contributed by atoms with Crippen LogP contribution in [-0.2, 0) is 14.4 Å². The molecule has 168 valence electrons. The molecule has 33 heavy (non-hydrogen) atoms. The van der Waals surface area contributed by atoms with Crippen molar-refractivity contribution < 1.29 is 19.2 Å². The zero-order valence-corrected chi connectivity index (χ0v) is 19.2. The van der Waals surface area contributed by atoms with E-state index in [4.69, 9.17) is 9.57 Å². The van der Waals surface area contributed by atoms with Gasteiger partial charge in [-0.1, -0.05) is 30.3 Å². The number of nitrogens with zero attached hydrogens (tertiary/aromatic N) is 2. The Hall–Kier alpha value is -3.29. The van der Waals surface area contributed by atoms with Gasteiger partial charge in [-0.05, 0) is 67.3 Å². The van der Waals surface area contributed by atoms with Gasteiger partial charge >= 0.3 is 0 Å². The summed E-state index contributed by atoms with van der Waals surface area (Å²) in [6.45, 7) is 2.45. The molecule has 3 aromatic rings. The second kappa shape index (κ2) is 8.92. The van der Waals surface area contributed by atoms with E-state index in [0.29, 0.717) is 18.0 Å². The van der Waals surface area contributed by atoms with Crippen LogP contribution in [0.15, 0.2) is 83.8 Å². The molecule has 0 unspecified atom stereocenters. The molecule has 2 aliphatic heterocycles. The Balaban J connectivity index is 1.52. The van der Waals surface area contributed by atoms with E-state index in [0.717, 1.165) is 16.1 Å². The number of rotatable bonds is 6. The lowest BCUT2D eigenvalue weighted by atomic mass is 9.90. The Labute approximate surface area is 197 Å². The van der Waals surface area contributed by atoms with Gasteiger partial charge in [-0.25, -0.2) is 9.96 Å². The molecule has 0 spiro atoms. The van der Waals surface area contributed by atoms with Gasteiger partial charge in [-0.3, -0.25) is 14.4 Å². The molecule has 7 heteroatoms. The zero-order valence-electron chi connectivity index (χ0n) is 18.4. The highest BCUT2D eigenvalue weighted by molar-refractivity contribution is 7.98. The SMILES string of the molecule is CCOc1ccc(N2C(=O)[C@@H]3[C@@H](ON(c4ccccc4)[C@H]3c3ccc(SC)cc3)C2=O)cc1. The van der Waals surface area contributed by atoms with E-state index in [1.54, 1.807) is 41.1 Å². The molecule has 0 saturated carbocycles. The highest BCUT2D eigenvalue weighted by atomic mass is 32.2. The Kier molecular flexibility index (Phi) is 5.83. The molecule has 0 aliphatic carbocycles. The van der Waals surface area contributed by atoms with Crippen molar-refractivity contribution in [3.05, 3.63) is 84.4 Å². The van der Waals surface area contributed by atoms with Crippen molar-refractivity contribution in [2.45, 2.75) is 24.0 Å². The lowest BCUT2D eigenvalue weighted by Crippen LogP contribution is -2.37. The highest BCUT2D eigenvalue weighted by Crippen LogP contribution is 2.47. The molecule has 0 N–H and O–H groups in total. The van der Waals surface area contributed by atoms with Gasteiger partial charge in [0, 0.05) is 4.90 Å². The van der Waals surface area contributed by atoms with Gasteiger partial charge in [0.2, 0.25) is 5.91 Å². The molecule has 2 heterocycles. The summed E-state index contributed by atoms with van der Waals surface area (Å²) in [5.74, 6) is -0.562. The van der Waals surface area contributed by atoms with Crippen molar-refractivity contribution in [2.24, 2.45) is 5.92 Å². The molecule has 0 bridgehead atoms. The van der Waals surface area contributed by atoms with Crippen LogP contribution in [0.2, 0.25) is 0 Å². The normalized spacial score (nSPS) is 22.1. The number of imide groups is 1. The molecule has 3 atom stereocenters. The predicted octanol–water partition coefficient (Wildman–Crippen LogP) is 4.86. The number of anilines is 2. The lowest BCUT2D eigenvalue weighted by Gasteiger charge is -2.28. The molecule has 3 aromatic carbocycles.